The fraction of sp³-hybridized carbons (Fsp3) is 0.786. The van der Waals surface area contributed by atoms with E-state index in [0.29, 0.717) is 11.7 Å². The Labute approximate surface area is 114 Å². The van der Waals surface area contributed by atoms with Gasteiger partial charge in [0.25, 0.3) is 0 Å². The lowest BCUT2D eigenvalue weighted by Gasteiger charge is -2.26. The minimum Gasteiger partial charge on any atom is -0.370 e. The Bertz CT molecular complexity index is 414. The molecule has 0 spiro atoms. The van der Waals surface area contributed by atoms with Gasteiger partial charge >= 0.3 is 0 Å². The van der Waals surface area contributed by atoms with Gasteiger partial charge in [-0.05, 0) is 25.7 Å². The molecular formula is C14H24N2O3. The van der Waals surface area contributed by atoms with Gasteiger partial charge in [-0.3, -0.25) is 4.79 Å². The van der Waals surface area contributed by atoms with E-state index in [0.717, 1.165) is 12.8 Å². The number of Topliss-reactive ketones (excluding diaryl/α,β-unsaturated/α-hetero) is 1. The van der Waals surface area contributed by atoms with Gasteiger partial charge in [0.2, 0.25) is 11.7 Å². The number of rotatable bonds is 7. The number of hydrogen-bond acceptors (Lipinski definition) is 5. The monoisotopic (exact) mass is 268 g/mol. The van der Waals surface area contributed by atoms with Gasteiger partial charge in [0.1, 0.15) is 11.4 Å². The summed E-state index contributed by atoms with van der Waals surface area (Å²) in [6.45, 7) is 9.54. The maximum absolute atomic E-state index is 11.7. The fourth-order valence-electron chi connectivity index (χ4n) is 2.42. The first-order valence-corrected chi connectivity index (χ1v) is 6.81. The SMILES string of the molecule is CCC(CC)(OC)c1noc(C(C(C)=O)C(C)C)n1. The number of ether oxygens (including phenoxy) is 1. The lowest BCUT2D eigenvalue weighted by Crippen LogP contribution is -2.28. The van der Waals surface area contributed by atoms with Crippen molar-refractivity contribution in [3.63, 3.8) is 0 Å². The molecule has 0 bridgehead atoms. The molecule has 5 heteroatoms. The third kappa shape index (κ3) is 3.03. The third-order valence-electron chi connectivity index (χ3n) is 3.75. The summed E-state index contributed by atoms with van der Waals surface area (Å²) in [4.78, 5) is 16.1. The first kappa shape index (κ1) is 15.8. The molecule has 1 heterocycles. The van der Waals surface area contributed by atoms with Crippen molar-refractivity contribution in [2.45, 2.75) is 59.0 Å². The van der Waals surface area contributed by atoms with Crippen molar-refractivity contribution in [2.24, 2.45) is 5.92 Å². The van der Waals surface area contributed by atoms with Crippen molar-refractivity contribution in [3.8, 4) is 0 Å². The maximum atomic E-state index is 11.7. The van der Waals surface area contributed by atoms with Crippen molar-refractivity contribution in [1.29, 1.82) is 0 Å². The van der Waals surface area contributed by atoms with Gasteiger partial charge in [-0.15, -0.1) is 0 Å². The second-order valence-corrected chi connectivity index (χ2v) is 5.19. The molecule has 1 atom stereocenters. The molecule has 1 rings (SSSR count). The highest BCUT2D eigenvalue weighted by Gasteiger charge is 2.36. The van der Waals surface area contributed by atoms with Crippen LogP contribution in [0.25, 0.3) is 0 Å². The molecule has 1 aromatic heterocycles. The molecule has 0 aliphatic carbocycles. The fourth-order valence-corrected chi connectivity index (χ4v) is 2.42. The number of methoxy groups -OCH3 is 1. The molecule has 0 saturated heterocycles. The lowest BCUT2D eigenvalue weighted by molar-refractivity contribution is -0.119. The van der Waals surface area contributed by atoms with E-state index in [1.54, 1.807) is 14.0 Å². The van der Waals surface area contributed by atoms with E-state index in [-0.39, 0.29) is 17.6 Å². The molecule has 0 aliphatic heterocycles. The number of carbonyl (C=O) groups excluding carboxylic acids is 1. The van der Waals surface area contributed by atoms with E-state index < -0.39 is 5.60 Å². The summed E-state index contributed by atoms with van der Waals surface area (Å²) in [5, 5.41) is 4.02. The molecule has 5 nitrogen and oxygen atoms in total. The highest BCUT2D eigenvalue weighted by molar-refractivity contribution is 5.82. The predicted molar refractivity (Wildman–Crippen MR) is 71.8 cm³/mol. The van der Waals surface area contributed by atoms with Gasteiger partial charge < -0.3 is 9.26 Å². The molecule has 0 N–H and O–H groups in total. The summed E-state index contributed by atoms with van der Waals surface area (Å²) in [7, 11) is 1.65. The van der Waals surface area contributed by atoms with E-state index in [2.05, 4.69) is 10.1 Å². The van der Waals surface area contributed by atoms with Crippen LogP contribution < -0.4 is 0 Å². The molecule has 0 saturated carbocycles. The number of aromatic nitrogens is 2. The Hall–Kier alpha value is -1.23. The van der Waals surface area contributed by atoms with Gasteiger partial charge in [-0.2, -0.15) is 4.98 Å². The van der Waals surface area contributed by atoms with Crippen molar-refractivity contribution >= 4 is 5.78 Å². The number of ketones is 1. The minimum atomic E-state index is -0.528. The molecule has 1 aromatic rings. The lowest BCUT2D eigenvalue weighted by atomic mass is 9.92. The summed E-state index contributed by atoms with van der Waals surface area (Å²) in [6, 6.07) is 0. The van der Waals surface area contributed by atoms with Gasteiger partial charge in [-0.1, -0.05) is 32.9 Å². The molecule has 0 amide bonds. The van der Waals surface area contributed by atoms with Gasteiger partial charge in [0.15, 0.2) is 0 Å². The van der Waals surface area contributed by atoms with Gasteiger partial charge in [0.05, 0.1) is 5.92 Å². The normalized spacial score (nSPS) is 13.8. The van der Waals surface area contributed by atoms with Crippen LogP contribution in [0.3, 0.4) is 0 Å². The standard InChI is InChI=1S/C14H24N2O3/c1-7-14(8-2,18-6)13-15-12(19-16-13)11(9(3)4)10(5)17/h9,11H,7-8H2,1-6H3. The Morgan fingerprint density at radius 3 is 2.32 bits per heavy atom. The van der Waals surface area contributed by atoms with Crippen LogP contribution in [0.15, 0.2) is 4.52 Å². The Morgan fingerprint density at radius 1 is 1.37 bits per heavy atom. The van der Waals surface area contributed by atoms with E-state index in [1.807, 2.05) is 27.7 Å². The Kier molecular flexibility index (Phi) is 5.23. The van der Waals surface area contributed by atoms with Crippen LogP contribution in [0.4, 0.5) is 0 Å². The Balaban J connectivity index is 3.14. The molecule has 19 heavy (non-hydrogen) atoms. The van der Waals surface area contributed by atoms with E-state index in [9.17, 15) is 4.79 Å². The zero-order valence-electron chi connectivity index (χ0n) is 12.7. The number of hydrogen-bond donors (Lipinski definition) is 0. The third-order valence-corrected chi connectivity index (χ3v) is 3.75. The smallest absolute Gasteiger partial charge is 0.237 e. The van der Waals surface area contributed by atoms with E-state index in [1.165, 1.54) is 0 Å². The van der Waals surface area contributed by atoms with E-state index in [4.69, 9.17) is 9.26 Å². The van der Waals surface area contributed by atoms with Crippen LogP contribution in [-0.2, 0) is 15.1 Å². The van der Waals surface area contributed by atoms with Crippen molar-refractivity contribution in [2.75, 3.05) is 7.11 Å². The minimum absolute atomic E-state index is 0.0428. The first-order chi connectivity index (χ1) is 8.91. The van der Waals surface area contributed by atoms with Gasteiger partial charge in [-0.25, -0.2) is 0 Å². The van der Waals surface area contributed by atoms with Crippen molar-refractivity contribution in [3.05, 3.63) is 11.7 Å². The van der Waals surface area contributed by atoms with Crippen LogP contribution in [-0.4, -0.2) is 23.0 Å². The molecular weight excluding hydrogens is 244 g/mol. The van der Waals surface area contributed by atoms with Gasteiger partial charge in [0, 0.05) is 7.11 Å². The van der Waals surface area contributed by atoms with E-state index >= 15 is 0 Å². The molecule has 0 radical (unpaired) electrons. The summed E-state index contributed by atoms with van der Waals surface area (Å²) in [5.41, 5.74) is -0.528. The highest BCUT2D eigenvalue weighted by atomic mass is 16.5. The average molecular weight is 268 g/mol. The van der Waals surface area contributed by atoms with Crippen molar-refractivity contribution < 1.29 is 14.1 Å². The molecule has 0 aromatic carbocycles. The van der Waals surface area contributed by atoms with Crippen LogP contribution in [0.2, 0.25) is 0 Å². The largest absolute Gasteiger partial charge is 0.370 e. The molecule has 0 fully saturated rings. The predicted octanol–water partition coefficient (Wildman–Crippen LogP) is 3.06. The second kappa shape index (κ2) is 6.28. The summed E-state index contributed by atoms with van der Waals surface area (Å²) >= 11 is 0. The molecule has 1 unspecified atom stereocenters. The topological polar surface area (TPSA) is 65.2 Å². The van der Waals surface area contributed by atoms with Crippen molar-refractivity contribution in [1.82, 2.24) is 10.1 Å². The summed E-state index contributed by atoms with van der Waals surface area (Å²) in [6.07, 6.45) is 1.51. The maximum Gasteiger partial charge on any atom is 0.237 e. The van der Waals surface area contributed by atoms with Crippen LogP contribution in [0.1, 0.15) is 65.1 Å². The number of carbonyl (C=O) groups is 1. The summed E-state index contributed by atoms with van der Waals surface area (Å²) < 4.78 is 10.9. The van der Waals surface area contributed by atoms with Crippen LogP contribution >= 0.6 is 0 Å². The molecule has 108 valence electrons. The zero-order chi connectivity index (χ0) is 14.6. The zero-order valence-corrected chi connectivity index (χ0v) is 12.7. The number of nitrogens with zero attached hydrogens (tertiary/aromatic N) is 2. The second-order valence-electron chi connectivity index (χ2n) is 5.19. The highest BCUT2D eigenvalue weighted by Crippen LogP contribution is 2.32. The summed E-state index contributed by atoms with van der Waals surface area (Å²) in [5.74, 6) is 0.749. The van der Waals surface area contributed by atoms with Crippen LogP contribution in [0.5, 0.6) is 0 Å². The average Bonchev–Trinajstić information content (AvgIpc) is 2.81. The first-order valence-electron chi connectivity index (χ1n) is 6.81. The Morgan fingerprint density at radius 2 is 1.95 bits per heavy atom. The quantitative estimate of drug-likeness (QED) is 0.760. The molecule has 0 aliphatic rings. The van der Waals surface area contributed by atoms with Crippen LogP contribution in [0, 0.1) is 5.92 Å².